The van der Waals surface area contributed by atoms with E-state index in [9.17, 15) is 29.1 Å². The molecular weight excluding hydrogens is 602 g/mol. The predicted octanol–water partition coefficient (Wildman–Crippen LogP) is 0.703. The van der Waals surface area contributed by atoms with E-state index in [2.05, 4.69) is 16.0 Å². The molecule has 0 spiro atoms. The molecule has 0 aromatic heterocycles. The third-order valence-corrected chi connectivity index (χ3v) is 8.26. The Morgan fingerprint density at radius 1 is 1.07 bits per heavy atom. The normalized spacial score (nSPS) is 20.9. The van der Waals surface area contributed by atoms with E-state index in [0.29, 0.717) is 42.9 Å². The minimum Gasteiger partial charge on any atom is -0.391 e. The summed E-state index contributed by atoms with van der Waals surface area (Å²) in [4.78, 5) is 68.9. The monoisotopic (exact) mass is 647 g/mol. The van der Waals surface area contributed by atoms with Gasteiger partial charge in [0, 0.05) is 43.9 Å². The Morgan fingerprint density at radius 2 is 1.76 bits per heavy atom. The number of amidine groups is 1. The van der Waals surface area contributed by atoms with Gasteiger partial charge in [0.15, 0.2) is 0 Å². The maximum absolute atomic E-state index is 13.9. The molecule has 5 atom stereocenters. The van der Waals surface area contributed by atoms with Crippen LogP contribution in [0.15, 0.2) is 24.3 Å². The van der Waals surface area contributed by atoms with Crippen LogP contribution < -0.4 is 21.7 Å². The summed E-state index contributed by atoms with van der Waals surface area (Å²) in [6, 6.07) is 2.88. The van der Waals surface area contributed by atoms with Gasteiger partial charge in [-0.25, -0.2) is 0 Å². The Hall–Kier alpha value is -3.71. The molecule has 2 fully saturated rings. The maximum Gasteiger partial charge on any atom is 0.245 e. The summed E-state index contributed by atoms with van der Waals surface area (Å²) in [5.74, 6) is -2.21. The van der Waals surface area contributed by atoms with E-state index in [1.54, 1.807) is 31.2 Å². The van der Waals surface area contributed by atoms with Gasteiger partial charge in [-0.2, -0.15) is 0 Å². The summed E-state index contributed by atoms with van der Waals surface area (Å²) >= 11 is 6.05. The van der Waals surface area contributed by atoms with E-state index in [-0.39, 0.29) is 49.9 Å². The van der Waals surface area contributed by atoms with Crippen LogP contribution in [0.3, 0.4) is 0 Å². The molecule has 2 heterocycles. The van der Waals surface area contributed by atoms with E-state index in [0.717, 1.165) is 0 Å². The van der Waals surface area contributed by atoms with E-state index in [4.69, 9.17) is 22.7 Å². The number of amides is 5. The van der Waals surface area contributed by atoms with Gasteiger partial charge in [-0.3, -0.25) is 29.4 Å². The zero-order valence-electron chi connectivity index (χ0n) is 26.2. The molecule has 0 saturated carbocycles. The van der Waals surface area contributed by atoms with Crippen molar-refractivity contribution < 1.29 is 29.1 Å². The lowest BCUT2D eigenvalue weighted by Gasteiger charge is -2.30. The van der Waals surface area contributed by atoms with Crippen molar-refractivity contribution in [2.45, 2.75) is 96.0 Å². The zero-order valence-corrected chi connectivity index (χ0v) is 26.9. The number of nitrogens with zero attached hydrogens (tertiary/aromatic N) is 2. The van der Waals surface area contributed by atoms with Gasteiger partial charge in [0.2, 0.25) is 29.5 Å². The smallest absolute Gasteiger partial charge is 0.245 e. The van der Waals surface area contributed by atoms with Gasteiger partial charge in [0.1, 0.15) is 24.2 Å². The summed E-state index contributed by atoms with van der Waals surface area (Å²) in [5.41, 5.74) is 6.25. The van der Waals surface area contributed by atoms with Crippen LogP contribution in [0, 0.1) is 11.3 Å². The Balaban J connectivity index is 1.84. The van der Waals surface area contributed by atoms with E-state index in [1.807, 2.05) is 13.8 Å². The first-order valence-corrected chi connectivity index (χ1v) is 15.9. The minimum atomic E-state index is -1.14. The third-order valence-electron chi connectivity index (χ3n) is 8.01. The van der Waals surface area contributed by atoms with Crippen LogP contribution in [0.4, 0.5) is 0 Å². The molecule has 5 amide bonds. The number of carbonyl (C=O) groups excluding carboxylic acids is 5. The van der Waals surface area contributed by atoms with Gasteiger partial charge in [0.05, 0.1) is 11.9 Å². The molecule has 1 aromatic rings. The number of carbonyl (C=O) groups is 5. The van der Waals surface area contributed by atoms with Crippen molar-refractivity contribution in [2.75, 3.05) is 19.6 Å². The Kier molecular flexibility index (Phi) is 13.2. The second kappa shape index (κ2) is 16.6. The molecule has 1 aromatic carbocycles. The maximum atomic E-state index is 13.9. The molecule has 3 rings (SSSR count). The molecule has 248 valence electrons. The van der Waals surface area contributed by atoms with Gasteiger partial charge < -0.3 is 36.6 Å². The van der Waals surface area contributed by atoms with Crippen molar-refractivity contribution in [1.29, 1.82) is 5.41 Å². The Labute approximate surface area is 269 Å². The summed E-state index contributed by atoms with van der Waals surface area (Å²) in [6.07, 6.45) is 1.11. The average molecular weight is 648 g/mol. The first-order valence-electron chi connectivity index (χ1n) is 15.5. The van der Waals surface area contributed by atoms with Gasteiger partial charge in [-0.1, -0.05) is 37.6 Å². The Morgan fingerprint density at radius 3 is 2.38 bits per heavy atom. The average Bonchev–Trinajstić information content (AvgIpc) is 3.62. The number of hydrogen-bond donors (Lipinski definition) is 6. The van der Waals surface area contributed by atoms with Crippen LogP contribution in [-0.2, 0) is 30.4 Å². The van der Waals surface area contributed by atoms with Gasteiger partial charge >= 0.3 is 0 Å². The molecule has 0 radical (unpaired) electrons. The van der Waals surface area contributed by atoms with E-state index >= 15 is 0 Å². The van der Waals surface area contributed by atoms with E-state index in [1.165, 1.54) is 9.80 Å². The fourth-order valence-corrected chi connectivity index (χ4v) is 5.90. The Bertz CT molecular complexity index is 1240. The van der Waals surface area contributed by atoms with Crippen LogP contribution in [0.5, 0.6) is 0 Å². The minimum absolute atomic E-state index is 0.0222. The highest BCUT2D eigenvalue weighted by molar-refractivity contribution is 6.30. The number of aliphatic hydroxyl groups is 1. The number of benzene rings is 1. The molecule has 0 aliphatic carbocycles. The number of primary amides is 1. The number of nitrogens with two attached hydrogens (primary N) is 1. The number of hydrogen-bond acceptors (Lipinski definition) is 7. The molecule has 7 N–H and O–H groups in total. The van der Waals surface area contributed by atoms with Gasteiger partial charge in [-0.15, -0.1) is 0 Å². The molecular formula is C31H46ClN7O6. The molecule has 0 unspecified atom stereocenters. The molecule has 13 nitrogen and oxygen atoms in total. The SMILES string of the molecule is CC(=N)NCCC[C@H](NC(=O)[C@H](Cc1ccc(Cl)cc1)NC(=O)[C@@H]1C[C@@H](O)CN1C(=O)CC(C)C)C(=O)N1CCC[C@H]1C(N)=O. The molecule has 2 aliphatic heterocycles. The van der Waals surface area contributed by atoms with E-state index < -0.39 is 53.9 Å². The van der Waals surface area contributed by atoms with Crippen molar-refractivity contribution in [1.82, 2.24) is 25.8 Å². The summed E-state index contributed by atoms with van der Waals surface area (Å²) < 4.78 is 0. The highest BCUT2D eigenvalue weighted by atomic mass is 35.5. The quantitative estimate of drug-likeness (QED) is 0.0970. The number of aliphatic hydroxyl groups excluding tert-OH is 1. The number of nitrogens with one attached hydrogen (secondary N) is 4. The number of halogens is 1. The molecule has 2 aliphatic rings. The zero-order chi connectivity index (χ0) is 33.3. The first-order chi connectivity index (χ1) is 21.3. The fourth-order valence-electron chi connectivity index (χ4n) is 5.78. The predicted molar refractivity (Wildman–Crippen MR) is 169 cm³/mol. The lowest BCUT2D eigenvalue weighted by molar-refractivity contribution is -0.142. The standard InChI is InChI=1S/C31H46ClN7O6/c1-18(2)14-27(41)39-17-22(40)16-26(39)30(44)37-24(15-20-8-10-21(32)11-9-20)29(43)36-23(6-4-12-35-19(3)33)31(45)38-13-5-7-25(38)28(34)42/h8-11,18,22-26,40H,4-7,12-17H2,1-3H3,(H2,33,35)(H2,34,42)(H,36,43)(H,37,44)/t22-,23+,24+,25+,26+/m1/s1. The van der Waals surface area contributed by atoms with Gasteiger partial charge in [-0.05, 0) is 56.2 Å². The largest absolute Gasteiger partial charge is 0.391 e. The molecule has 2 saturated heterocycles. The topological polar surface area (TPSA) is 198 Å². The van der Waals surface area contributed by atoms with Gasteiger partial charge in [0.25, 0.3) is 0 Å². The number of likely N-dealkylation sites (tertiary alicyclic amines) is 2. The van der Waals surface area contributed by atoms with Crippen molar-refractivity contribution >= 4 is 47.0 Å². The first kappa shape index (κ1) is 35.8. The highest BCUT2D eigenvalue weighted by Gasteiger charge is 2.41. The van der Waals surface area contributed by atoms with Crippen molar-refractivity contribution in [3.05, 3.63) is 34.9 Å². The molecule has 14 heteroatoms. The van der Waals surface area contributed by atoms with Crippen LogP contribution in [0.25, 0.3) is 0 Å². The van der Waals surface area contributed by atoms with Crippen LogP contribution in [0.1, 0.15) is 64.9 Å². The second-order valence-electron chi connectivity index (χ2n) is 12.3. The third kappa shape index (κ3) is 10.4. The highest BCUT2D eigenvalue weighted by Crippen LogP contribution is 2.22. The van der Waals surface area contributed by atoms with Crippen LogP contribution in [-0.4, -0.2) is 100 Å². The second-order valence-corrected chi connectivity index (χ2v) is 12.7. The summed E-state index contributed by atoms with van der Waals surface area (Å²) in [5, 5.41) is 26.9. The fraction of sp³-hybridized carbons (Fsp3) is 0.613. The lowest BCUT2D eigenvalue weighted by atomic mass is 10.0. The lowest BCUT2D eigenvalue weighted by Crippen LogP contribution is -2.58. The van der Waals surface area contributed by atoms with Crippen molar-refractivity contribution in [3.63, 3.8) is 0 Å². The summed E-state index contributed by atoms with van der Waals surface area (Å²) in [7, 11) is 0. The number of rotatable bonds is 14. The number of β-amino-alcohol motifs (C(OH)–C–C–N with tert-alkyl or cyclic N) is 1. The molecule has 45 heavy (non-hydrogen) atoms. The van der Waals surface area contributed by atoms with Crippen LogP contribution >= 0.6 is 11.6 Å². The van der Waals surface area contributed by atoms with Crippen molar-refractivity contribution in [3.8, 4) is 0 Å². The molecule has 0 bridgehead atoms. The summed E-state index contributed by atoms with van der Waals surface area (Å²) in [6.45, 7) is 6.11. The van der Waals surface area contributed by atoms with Crippen LogP contribution in [0.2, 0.25) is 5.02 Å². The van der Waals surface area contributed by atoms with Crippen molar-refractivity contribution in [2.24, 2.45) is 11.7 Å².